The van der Waals surface area contributed by atoms with Gasteiger partial charge in [-0.25, -0.2) is 4.39 Å². The fraction of sp³-hybridized carbons (Fsp3) is 0.333. The second-order valence-corrected chi connectivity index (χ2v) is 4.21. The SMILES string of the molecule is Nc1cc(F)c(Br)cc1NC1CNC1. The van der Waals surface area contributed by atoms with Gasteiger partial charge in [-0.2, -0.15) is 0 Å². The first kappa shape index (κ1) is 9.73. The summed E-state index contributed by atoms with van der Waals surface area (Å²) in [6, 6.07) is 3.39. The summed E-state index contributed by atoms with van der Waals surface area (Å²) in [6.45, 7) is 1.85. The Labute approximate surface area is 90.0 Å². The minimum Gasteiger partial charge on any atom is -0.397 e. The molecular weight excluding hydrogens is 249 g/mol. The molecule has 3 nitrogen and oxygen atoms in total. The molecule has 0 aromatic heterocycles. The molecule has 2 rings (SSSR count). The van der Waals surface area contributed by atoms with Crippen LogP contribution in [0.3, 0.4) is 0 Å². The van der Waals surface area contributed by atoms with Crippen LogP contribution in [0.25, 0.3) is 0 Å². The number of nitrogen functional groups attached to an aromatic ring is 1. The molecule has 0 bridgehead atoms. The molecule has 5 heteroatoms. The van der Waals surface area contributed by atoms with Gasteiger partial charge < -0.3 is 16.4 Å². The smallest absolute Gasteiger partial charge is 0.139 e. The van der Waals surface area contributed by atoms with Crippen molar-refractivity contribution in [1.82, 2.24) is 5.32 Å². The molecule has 0 atom stereocenters. The van der Waals surface area contributed by atoms with E-state index < -0.39 is 0 Å². The van der Waals surface area contributed by atoms with E-state index in [2.05, 4.69) is 26.6 Å². The predicted molar refractivity (Wildman–Crippen MR) is 58.8 cm³/mol. The predicted octanol–water partition coefficient (Wildman–Crippen LogP) is 1.55. The molecule has 1 aromatic rings. The number of nitrogens with two attached hydrogens (primary N) is 1. The van der Waals surface area contributed by atoms with Gasteiger partial charge in [0.15, 0.2) is 0 Å². The number of halogens is 2. The van der Waals surface area contributed by atoms with Gasteiger partial charge in [-0.05, 0) is 22.0 Å². The van der Waals surface area contributed by atoms with E-state index >= 15 is 0 Å². The van der Waals surface area contributed by atoms with Gasteiger partial charge in [0, 0.05) is 19.2 Å². The van der Waals surface area contributed by atoms with E-state index in [4.69, 9.17) is 5.73 Å². The molecule has 0 aliphatic carbocycles. The molecule has 76 valence electrons. The highest BCUT2D eigenvalue weighted by atomic mass is 79.9. The number of hydrogen-bond acceptors (Lipinski definition) is 3. The third-order valence-electron chi connectivity index (χ3n) is 2.23. The largest absolute Gasteiger partial charge is 0.397 e. The van der Waals surface area contributed by atoms with Crippen molar-refractivity contribution in [1.29, 1.82) is 0 Å². The number of anilines is 2. The molecule has 1 aliphatic rings. The Morgan fingerprint density at radius 3 is 2.79 bits per heavy atom. The maximum absolute atomic E-state index is 13.0. The summed E-state index contributed by atoms with van der Waals surface area (Å²) < 4.78 is 13.5. The average Bonchev–Trinajstić information content (AvgIpc) is 2.06. The van der Waals surface area contributed by atoms with Gasteiger partial charge in [-0.1, -0.05) is 0 Å². The molecule has 0 unspecified atom stereocenters. The molecule has 0 amide bonds. The van der Waals surface area contributed by atoms with Crippen LogP contribution in [-0.4, -0.2) is 19.1 Å². The molecule has 4 N–H and O–H groups in total. The molecule has 1 saturated heterocycles. The third kappa shape index (κ3) is 1.83. The van der Waals surface area contributed by atoms with Crippen LogP contribution in [0.15, 0.2) is 16.6 Å². The summed E-state index contributed by atoms with van der Waals surface area (Å²) in [5.41, 5.74) is 6.90. The summed E-state index contributed by atoms with van der Waals surface area (Å²) in [6.07, 6.45) is 0. The zero-order chi connectivity index (χ0) is 10.1. The van der Waals surface area contributed by atoms with Crippen molar-refractivity contribution in [2.75, 3.05) is 24.1 Å². The van der Waals surface area contributed by atoms with Crippen molar-refractivity contribution in [2.45, 2.75) is 6.04 Å². The maximum Gasteiger partial charge on any atom is 0.139 e. The lowest BCUT2D eigenvalue weighted by molar-refractivity contribution is 0.472. The first-order valence-electron chi connectivity index (χ1n) is 4.38. The van der Waals surface area contributed by atoms with E-state index in [1.807, 2.05) is 0 Å². The van der Waals surface area contributed by atoms with Gasteiger partial charge in [-0.3, -0.25) is 0 Å². The van der Waals surface area contributed by atoms with Crippen LogP contribution in [0, 0.1) is 5.82 Å². The van der Waals surface area contributed by atoms with E-state index in [0.717, 1.165) is 18.8 Å². The highest BCUT2D eigenvalue weighted by molar-refractivity contribution is 9.10. The molecule has 0 saturated carbocycles. The van der Waals surface area contributed by atoms with Crippen molar-refractivity contribution in [3.05, 3.63) is 22.4 Å². The Hall–Kier alpha value is -0.810. The maximum atomic E-state index is 13.0. The lowest BCUT2D eigenvalue weighted by Gasteiger charge is -2.29. The van der Waals surface area contributed by atoms with Gasteiger partial charge in [0.2, 0.25) is 0 Å². The Morgan fingerprint density at radius 1 is 1.50 bits per heavy atom. The van der Waals surface area contributed by atoms with Gasteiger partial charge in [0.1, 0.15) is 5.82 Å². The second-order valence-electron chi connectivity index (χ2n) is 3.35. The molecule has 1 heterocycles. The highest BCUT2D eigenvalue weighted by Gasteiger charge is 2.17. The summed E-state index contributed by atoms with van der Waals surface area (Å²) >= 11 is 3.12. The summed E-state index contributed by atoms with van der Waals surface area (Å²) in [4.78, 5) is 0. The summed E-state index contributed by atoms with van der Waals surface area (Å²) in [5, 5.41) is 6.37. The lowest BCUT2D eigenvalue weighted by Crippen LogP contribution is -2.51. The molecule has 0 spiro atoms. The molecular formula is C9H11BrFN3. The highest BCUT2D eigenvalue weighted by Crippen LogP contribution is 2.27. The first-order chi connectivity index (χ1) is 6.66. The monoisotopic (exact) mass is 259 g/mol. The van der Waals surface area contributed by atoms with Gasteiger partial charge >= 0.3 is 0 Å². The second kappa shape index (κ2) is 3.74. The van der Waals surface area contributed by atoms with Crippen LogP contribution in [0.5, 0.6) is 0 Å². The van der Waals surface area contributed by atoms with Crippen LogP contribution in [0.2, 0.25) is 0 Å². The van der Waals surface area contributed by atoms with Crippen LogP contribution >= 0.6 is 15.9 Å². The van der Waals surface area contributed by atoms with Crippen LogP contribution in [-0.2, 0) is 0 Å². The van der Waals surface area contributed by atoms with Crippen molar-refractivity contribution in [3.8, 4) is 0 Å². The molecule has 1 fully saturated rings. The van der Waals surface area contributed by atoms with Gasteiger partial charge in [0.05, 0.1) is 21.9 Å². The Morgan fingerprint density at radius 2 is 2.21 bits per heavy atom. The van der Waals surface area contributed by atoms with E-state index in [9.17, 15) is 4.39 Å². The van der Waals surface area contributed by atoms with Crippen molar-refractivity contribution in [2.24, 2.45) is 0 Å². The Balaban J connectivity index is 2.19. The number of hydrogen-bond donors (Lipinski definition) is 3. The normalized spacial score (nSPS) is 16.4. The zero-order valence-corrected chi connectivity index (χ0v) is 9.07. The minimum absolute atomic E-state index is 0.334. The molecule has 14 heavy (non-hydrogen) atoms. The van der Waals surface area contributed by atoms with E-state index in [-0.39, 0.29) is 5.82 Å². The average molecular weight is 260 g/mol. The standard InChI is InChI=1S/C9H11BrFN3/c10-6-1-9(8(12)2-7(6)11)14-5-3-13-4-5/h1-2,5,13-14H,3-4,12H2. The fourth-order valence-electron chi connectivity index (χ4n) is 1.30. The zero-order valence-electron chi connectivity index (χ0n) is 7.48. The van der Waals surface area contributed by atoms with Crippen molar-refractivity contribution >= 4 is 27.3 Å². The molecule has 1 aromatic carbocycles. The van der Waals surface area contributed by atoms with Gasteiger partial charge in [0.25, 0.3) is 0 Å². The summed E-state index contributed by atoms with van der Waals surface area (Å²) in [5.74, 6) is -0.334. The molecule has 1 aliphatic heterocycles. The fourth-order valence-corrected chi connectivity index (χ4v) is 1.64. The number of rotatable bonds is 2. The van der Waals surface area contributed by atoms with E-state index in [1.54, 1.807) is 6.07 Å². The summed E-state index contributed by atoms with van der Waals surface area (Å²) in [7, 11) is 0. The number of benzene rings is 1. The topological polar surface area (TPSA) is 50.1 Å². The Kier molecular flexibility index (Phi) is 2.60. The van der Waals surface area contributed by atoms with E-state index in [0.29, 0.717) is 16.2 Å². The third-order valence-corrected chi connectivity index (χ3v) is 2.84. The van der Waals surface area contributed by atoms with Crippen molar-refractivity contribution in [3.63, 3.8) is 0 Å². The van der Waals surface area contributed by atoms with Crippen molar-refractivity contribution < 1.29 is 4.39 Å². The molecule has 0 radical (unpaired) electrons. The quantitative estimate of drug-likeness (QED) is 0.707. The minimum atomic E-state index is -0.334. The first-order valence-corrected chi connectivity index (χ1v) is 5.18. The number of nitrogens with one attached hydrogen (secondary N) is 2. The van der Waals surface area contributed by atoms with E-state index in [1.165, 1.54) is 6.07 Å². The van der Waals surface area contributed by atoms with Crippen LogP contribution in [0.1, 0.15) is 0 Å². The van der Waals surface area contributed by atoms with Crippen LogP contribution < -0.4 is 16.4 Å². The van der Waals surface area contributed by atoms with Crippen LogP contribution in [0.4, 0.5) is 15.8 Å². The van der Waals surface area contributed by atoms with Gasteiger partial charge in [-0.15, -0.1) is 0 Å². The lowest BCUT2D eigenvalue weighted by atomic mass is 10.1. The Bertz CT molecular complexity index is 352.